The number of nitrogens with zero attached hydrogens (tertiary/aromatic N) is 4. The van der Waals surface area contributed by atoms with Crippen LogP contribution in [0.4, 0.5) is 5.69 Å². The number of anilines is 1. The van der Waals surface area contributed by atoms with Crippen LogP contribution in [0.3, 0.4) is 0 Å². The van der Waals surface area contributed by atoms with Crippen LogP contribution in [0.2, 0.25) is 0 Å². The van der Waals surface area contributed by atoms with Gasteiger partial charge in [0.05, 0.1) is 29.9 Å². The molecule has 1 saturated carbocycles. The van der Waals surface area contributed by atoms with Gasteiger partial charge in [0.1, 0.15) is 23.4 Å². The van der Waals surface area contributed by atoms with Crippen LogP contribution >= 0.6 is 0 Å². The maximum absolute atomic E-state index is 6.20. The van der Waals surface area contributed by atoms with Crippen molar-refractivity contribution in [2.75, 3.05) is 32.1 Å². The van der Waals surface area contributed by atoms with Crippen LogP contribution in [-0.2, 0) is 4.74 Å². The third-order valence-electron chi connectivity index (χ3n) is 6.87. The van der Waals surface area contributed by atoms with E-state index in [0.717, 1.165) is 48.4 Å². The molecule has 162 valence electrons. The largest absolute Gasteiger partial charge is 0.491 e. The van der Waals surface area contributed by atoms with Crippen LogP contribution in [0, 0.1) is 0 Å². The predicted octanol–water partition coefficient (Wildman–Crippen LogP) is 3.79. The molecule has 3 aromatic rings. The fourth-order valence-electron chi connectivity index (χ4n) is 5.00. The topological polar surface area (TPSA) is 64.4 Å². The summed E-state index contributed by atoms with van der Waals surface area (Å²) in [5, 5.41) is 13.4. The van der Waals surface area contributed by atoms with Crippen molar-refractivity contribution in [3.05, 3.63) is 48.0 Å². The molecule has 1 N–H and O–H groups in total. The fraction of sp³-hybridized carbons (Fsp3) is 0.500. The molecular formula is C24H29N5O2. The first-order valence-electron chi connectivity index (χ1n) is 11.4. The number of para-hydroxylation sites is 1. The standard InChI is InChI=1S/C24H29N5O2/c1-30-17-6-5-13-28(14-17)21-15-31-22-10-3-2-7-18(22)23(21)25-19-8-4-9-20-24(19)27-29(26-20)16-11-12-16/h2-4,7-10,16-17,21,23,25H,5-6,11-15H2,1H3. The van der Waals surface area contributed by atoms with E-state index >= 15 is 0 Å². The van der Waals surface area contributed by atoms with E-state index in [4.69, 9.17) is 19.7 Å². The van der Waals surface area contributed by atoms with Crippen molar-refractivity contribution in [1.29, 1.82) is 0 Å². The number of fused-ring (bicyclic) bond motifs is 2. The maximum Gasteiger partial charge on any atom is 0.136 e. The lowest BCUT2D eigenvalue weighted by atomic mass is 9.92. The minimum atomic E-state index is 0.109. The molecule has 2 aliphatic heterocycles. The van der Waals surface area contributed by atoms with Crippen molar-refractivity contribution < 1.29 is 9.47 Å². The zero-order chi connectivity index (χ0) is 20.8. The normalized spacial score (nSPS) is 26.4. The molecule has 3 unspecified atom stereocenters. The summed E-state index contributed by atoms with van der Waals surface area (Å²) in [5.41, 5.74) is 4.14. The lowest BCUT2D eigenvalue weighted by Gasteiger charge is -2.44. The number of benzene rings is 2. The number of hydrogen-bond acceptors (Lipinski definition) is 6. The summed E-state index contributed by atoms with van der Waals surface area (Å²) in [6, 6.07) is 15.4. The second-order valence-corrected chi connectivity index (χ2v) is 8.96. The van der Waals surface area contributed by atoms with Crippen LogP contribution in [0.1, 0.15) is 43.3 Å². The Balaban J connectivity index is 1.36. The van der Waals surface area contributed by atoms with Crippen molar-refractivity contribution in [3.63, 3.8) is 0 Å². The van der Waals surface area contributed by atoms with E-state index in [1.807, 2.05) is 18.0 Å². The lowest BCUT2D eigenvalue weighted by Crippen LogP contribution is -2.53. The molecule has 1 saturated heterocycles. The van der Waals surface area contributed by atoms with Gasteiger partial charge in [-0.2, -0.15) is 15.0 Å². The Bertz CT molecular complexity index is 1080. The molecule has 1 aliphatic carbocycles. The highest BCUT2D eigenvalue weighted by Gasteiger charge is 2.37. The molecule has 0 spiro atoms. The van der Waals surface area contributed by atoms with Crippen LogP contribution in [0.5, 0.6) is 5.75 Å². The number of nitrogens with one attached hydrogen (secondary N) is 1. The molecule has 0 radical (unpaired) electrons. The number of rotatable bonds is 5. The van der Waals surface area contributed by atoms with Crippen molar-refractivity contribution in [1.82, 2.24) is 19.9 Å². The summed E-state index contributed by atoms with van der Waals surface area (Å²) < 4.78 is 11.9. The van der Waals surface area contributed by atoms with Gasteiger partial charge in [0.15, 0.2) is 0 Å². The Kier molecular flexibility index (Phi) is 4.80. The highest BCUT2D eigenvalue weighted by molar-refractivity contribution is 5.87. The highest BCUT2D eigenvalue weighted by Crippen LogP contribution is 2.39. The Morgan fingerprint density at radius 2 is 1.97 bits per heavy atom. The van der Waals surface area contributed by atoms with Crippen LogP contribution in [0.15, 0.2) is 42.5 Å². The highest BCUT2D eigenvalue weighted by atomic mass is 16.5. The molecule has 2 aromatic carbocycles. The SMILES string of the molecule is COC1CCCN(C2COc3ccccc3C2Nc2cccc3nn(C4CC4)nc23)C1. The van der Waals surface area contributed by atoms with Gasteiger partial charge in [-0.3, -0.25) is 4.90 Å². The number of ether oxygens (including phenoxy) is 2. The number of methoxy groups -OCH3 is 1. The minimum Gasteiger partial charge on any atom is -0.491 e. The van der Waals surface area contributed by atoms with E-state index in [2.05, 4.69) is 46.6 Å². The number of likely N-dealkylation sites (tertiary alicyclic amines) is 1. The summed E-state index contributed by atoms with van der Waals surface area (Å²) in [4.78, 5) is 4.44. The molecular weight excluding hydrogens is 390 g/mol. The second-order valence-electron chi connectivity index (χ2n) is 8.96. The Hall–Kier alpha value is -2.64. The molecule has 0 bridgehead atoms. The van der Waals surface area contributed by atoms with E-state index in [9.17, 15) is 0 Å². The van der Waals surface area contributed by atoms with Crippen LogP contribution in [0.25, 0.3) is 11.0 Å². The Labute approximate surface area is 182 Å². The van der Waals surface area contributed by atoms with Crippen molar-refractivity contribution in [2.45, 2.75) is 49.9 Å². The molecule has 1 aromatic heterocycles. The van der Waals surface area contributed by atoms with Gasteiger partial charge in [0.2, 0.25) is 0 Å². The molecule has 7 heteroatoms. The van der Waals surface area contributed by atoms with Gasteiger partial charge < -0.3 is 14.8 Å². The molecule has 3 heterocycles. The fourth-order valence-corrected chi connectivity index (χ4v) is 5.00. The van der Waals surface area contributed by atoms with Gasteiger partial charge in [-0.25, -0.2) is 0 Å². The summed E-state index contributed by atoms with van der Waals surface area (Å²) in [6.07, 6.45) is 4.91. The molecule has 3 atom stereocenters. The minimum absolute atomic E-state index is 0.109. The summed E-state index contributed by atoms with van der Waals surface area (Å²) >= 11 is 0. The molecule has 2 fully saturated rings. The average molecular weight is 420 g/mol. The zero-order valence-electron chi connectivity index (χ0n) is 17.9. The maximum atomic E-state index is 6.20. The third kappa shape index (κ3) is 3.55. The van der Waals surface area contributed by atoms with Gasteiger partial charge in [-0.1, -0.05) is 24.3 Å². The summed E-state index contributed by atoms with van der Waals surface area (Å²) in [5.74, 6) is 0.963. The van der Waals surface area contributed by atoms with Crippen LogP contribution < -0.4 is 10.1 Å². The molecule has 6 rings (SSSR count). The summed E-state index contributed by atoms with van der Waals surface area (Å²) in [7, 11) is 1.82. The third-order valence-corrected chi connectivity index (χ3v) is 6.87. The van der Waals surface area contributed by atoms with E-state index in [1.54, 1.807) is 0 Å². The Morgan fingerprint density at radius 1 is 1.06 bits per heavy atom. The van der Waals surface area contributed by atoms with E-state index < -0.39 is 0 Å². The van der Waals surface area contributed by atoms with Crippen molar-refractivity contribution in [3.8, 4) is 5.75 Å². The monoisotopic (exact) mass is 419 g/mol. The van der Waals surface area contributed by atoms with Gasteiger partial charge in [0, 0.05) is 19.2 Å². The van der Waals surface area contributed by atoms with E-state index in [-0.39, 0.29) is 18.2 Å². The van der Waals surface area contributed by atoms with Gasteiger partial charge in [-0.15, -0.1) is 0 Å². The average Bonchev–Trinajstić information content (AvgIpc) is 3.58. The molecule has 7 nitrogen and oxygen atoms in total. The van der Waals surface area contributed by atoms with Gasteiger partial charge >= 0.3 is 0 Å². The zero-order valence-corrected chi connectivity index (χ0v) is 17.9. The first-order valence-corrected chi connectivity index (χ1v) is 11.4. The smallest absolute Gasteiger partial charge is 0.136 e. The quantitative estimate of drug-likeness (QED) is 0.679. The summed E-state index contributed by atoms with van der Waals surface area (Å²) in [6.45, 7) is 2.67. The van der Waals surface area contributed by atoms with Crippen molar-refractivity contribution in [2.24, 2.45) is 0 Å². The van der Waals surface area contributed by atoms with Crippen molar-refractivity contribution >= 4 is 16.7 Å². The predicted molar refractivity (Wildman–Crippen MR) is 119 cm³/mol. The Morgan fingerprint density at radius 3 is 2.84 bits per heavy atom. The van der Waals surface area contributed by atoms with Crippen LogP contribution in [-0.4, -0.2) is 58.8 Å². The number of piperidine rings is 1. The van der Waals surface area contributed by atoms with E-state index in [0.29, 0.717) is 12.6 Å². The molecule has 31 heavy (non-hydrogen) atoms. The van der Waals surface area contributed by atoms with E-state index in [1.165, 1.54) is 18.4 Å². The first kappa shape index (κ1) is 19.1. The second kappa shape index (κ2) is 7.80. The molecule has 0 amide bonds. The van der Waals surface area contributed by atoms with Gasteiger partial charge in [0.25, 0.3) is 0 Å². The molecule has 3 aliphatic rings. The number of aromatic nitrogens is 3. The van der Waals surface area contributed by atoms with Gasteiger partial charge in [-0.05, 0) is 50.4 Å². The number of hydrogen-bond donors (Lipinski definition) is 1. The lowest BCUT2D eigenvalue weighted by molar-refractivity contribution is -0.00266. The first-order chi connectivity index (χ1) is 15.3.